The molecule has 1 saturated heterocycles. The summed E-state index contributed by atoms with van der Waals surface area (Å²) in [6.07, 6.45) is 3.74. The van der Waals surface area contributed by atoms with Gasteiger partial charge in [-0.2, -0.15) is 0 Å². The van der Waals surface area contributed by atoms with Gasteiger partial charge in [-0.25, -0.2) is 0 Å². The minimum Gasteiger partial charge on any atom is -0.258 e. The summed E-state index contributed by atoms with van der Waals surface area (Å²) in [6.45, 7) is 3.81. The van der Waals surface area contributed by atoms with Crippen LogP contribution in [0.25, 0.3) is 0 Å². The van der Waals surface area contributed by atoms with E-state index in [1.165, 1.54) is 5.56 Å². The van der Waals surface area contributed by atoms with E-state index in [9.17, 15) is 4.21 Å². The highest BCUT2D eigenvalue weighted by Gasteiger charge is 2.40. The molecule has 16 heavy (non-hydrogen) atoms. The van der Waals surface area contributed by atoms with Gasteiger partial charge in [-0.15, -0.1) is 18.3 Å². The van der Waals surface area contributed by atoms with Crippen molar-refractivity contribution in [2.45, 2.75) is 16.9 Å². The Morgan fingerprint density at radius 2 is 2.19 bits per heavy atom. The average Bonchev–Trinajstić information content (AvgIpc) is 2.34. The van der Waals surface area contributed by atoms with Crippen LogP contribution in [0.15, 0.2) is 43.0 Å². The van der Waals surface area contributed by atoms with Gasteiger partial charge >= 0.3 is 0 Å². The predicted molar refractivity (Wildman–Crippen MR) is 73.0 cm³/mol. The van der Waals surface area contributed by atoms with Crippen molar-refractivity contribution in [2.75, 3.05) is 11.5 Å². The van der Waals surface area contributed by atoms with E-state index in [0.717, 1.165) is 24.3 Å². The number of hydrogen-bond donors (Lipinski definition) is 0. The van der Waals surface area contributed by atoms with E-state index < -0.39 is 10.8 Å². The lowest BCUT2D eigenvalue weighted by Gasteiger charge is -2.35. The smallest absolute Gasteiger partial charge is 0.119 e. The van der Waals surface area contributed by atoms with Gasteiger partial charge in [-0.05, 0) is 24.2 Å². The van der Waals surface area contributed by atoms with Gasteiger partial charge in [-0.1, -0.05) is 36.4 Å². The number of rotatable bonds is 3. The minimum atomic E-state index is -0.796. The number of thioether (sulfide) groups is 1. The molecule has 1 aromatic carbocycles. The molecule has 1 aliphatic rings. The lowest BCUT2D eigenvalue weighted by atomic mass is 10.1. The van der Waals surface area contributed by atoms with Crippen LogP contribution in [0.5, 0.6) is 0 Å². The fourth-order valence-corrected chi connectivity index (χ4v) is 5.83. The Balaban J connectivity index is 2.41. The summed E-state index contributed by atoms with van der Waals surface area (Å²) in [7, 11) is -0.796. The van der Waals surface area contributed by atoms with E-state index in [2.05, 4.69) is 18.7 Å². The van der Waals surface area contributed by atoms with E-state index in [1.54, 1.807) is 0 Å². The number of hydrogen-bond acceptors (Lipinski definition) is 2. The van der Waals surface area contributed by atoms with Gasteiger partial charge in [0.25, 0.3) is 0 Å². The van der Waals surface area contributed by atoms with Crippen LogP contribution in [0.3, 0.4) is 0 Å². The topological polar surface area (TPSA) is 17.1 Å². The van der Waals surface area contributed by atoms with Crippen molar-refractivity contribution in [2.24, 2.45) is 0 Å². The summed E-state index contributed by atoms with van der Waals surface area (Å²) >= 11 is 1.83. The van der Waals surface area contributed by atoms with Crippen LogP contribution in [0.1, 0.15) is 18.4 Å². The zero-order chi connectivity index (χ0) is 11.4. The standard InChI is InChI=1S/C13H16OS2/c1-2-9-13(12-7-4-3-5-8-12)15-10-6-11-16(13)14/h2-5,7-8H,1,6,9-11H2/t13-,16?/m0/s1. The highest BCUT2D eigenvalue weighted by molar-refractivity contribution is 8.12. The Labute approximate surface area is 104 Å². The van der Waals surface area contributed by atoms with Gasteiger partial charge in [-0.3, -0.25) is 4.21 Å². The van der Waals surface area contributed by atoms with Crippen molar-refractivity contribution in [3.63, 3.8) is 0 Å². The highest BCUT2D eigenvalue weighted by atomic mass is 32.2. The molecule has 0 aliphatic carbocycles. The number of benzene rings is 1. The molecule has 0 bridgehead atoms. The molecule has 1 aliphatic heterocycles. The Morgan fingerprint density at radius 3 is 2.81 bits per heavy atom. The molecule has 0 radical (unpaired) electrons. The molecule has 2 atom stereocenters. The number of allylic oxidation sites excluding steroid dienone is 1. The Kier molecular flexibility index (Phi) is 3.87. The third-order valence-electron chi connectivity index (χ3n) is 2.80. The predicted octanol–water partition coefficient (Wildman–Crippen LogP) is 3.30. The van der Waals surface area contributed by atoms with E-state index in [1.807, 2.05) is 36.0 Å². The van der Waals surface area contributed by atoms with Crippen molar-refractivity contribution in [1.82, 2.24) is 0 Å². The van der Waals surface area contributed by atoms with Crippen molar-refractivity contribution in [1.29, 1.82) is 0 Å². The first-order valence-electron chi connectivity index (χ1n) is 5.48. The molecule has 0 amide bonds. The van der Waals surface area contributed by atoms with E-state index >= 15 is 0 Å². The molecule has 3 heteroatoms. The molecule has 1 heterocycles. The van der Waals surface area contributed by atoms with Crippen LogP contribution in [0.2, 0.25) is 0 Å². The van der Waals surface area contributed by atoms with Gasteiger partial charge in [0.15, 0.2) is 0 Å². The second kappa shape index (κ2) is 5.19. The first-order chi connectivity index (χ1) is 7.79. The summed E-state index contributed by atoms with van der Waals surface area (Å²) in [5.41, 5.74) is 1.18. The second-order valence-corrected chi connectivity index (χ2v) is 7.31. The van der Waals surface area contributed by atoms with Crippen LogP contribution in [-0.2, 0) is 14.9 Å². The maximum atomic E-state index is 12.3. The van der Waals surface area contributed by atoms with Crippen molar-refractivity contribution in [3.05, 3.63) is 48.6 Å². The molecule has 0 aromatic heterocycles. The van der Waals surface area contributed by atoms with Gasteiger partial charge in [0.05, 0.1) is 0 Å². The molecule has 1 unspecified atom stereocenters. The van der Waals surface area contributed by atoms with Crippen LogP contribution in [0.4, 0.5) is 0 Å². The summed E-state index contributed by atoms with van der Waals surface area (Å²) in [5, 5.41) is 0. The lowest BCUT2D eigenvalue weighted by Crippen LogP contribution is -2.33. The van der Waals surface area contributed by atoms with Crippen molar-refractivity contribution in [3.8, 4) is 0 Å². The van der Waals surface area contributed by atoms with E-state index in [4.69, 9.17) is 0 Å². The second-order valence-electron chi connectivity index (χ2n) is 3.86. The molecule has 2 rings (SSSR count). The van der Waals surface area contributed by atoms with Crippen molar-refractivity contribution < 1.29 is 4.21 Å². The van der Waals surface area contributed by atoms with Crippen molar-refractivity contribution >= 4 is 22.6 Å². The van der Waals surface area contributed by atoms with Crippen LogP contribution < -0.4 is 0 Å². The summed E-state index contributed by atoms with van der Waals surface area (Å²) in [6, 6.07) is 10.2. The zero-order valence-electron chi connectivity index (χ0n) is 9.22. The molecular weight excluding hydrogens is 236 g/mol. The first-order valence-corrected chi connectivity index (χ1v) is 7.79. The van der Waals surface area contributed by atoms with E-state index in [0.29, 0.717) is 0 Å². The lowest BCUT2D eigenvalue weighted by molar-refractivity contribution is 0.660. The van der Waals surface area contributed by atoms with Gasteiger partial charge in [0.2, 0.25) is 0 Å². The first kappa shape index (κ1) is 11.9. The summed E-state index contributed by atoms with van der Waals surface area (Å²) in [5.74, 6) is 1.91. The molecule has 0 spiro atoms. The summed E-state index contributed by atoms with van der Waals surface area (Å²) in [4.78, 5) is 0. The molecule has 1 nitrogen and oxygen atoms in total. The summed E-state index contributed by atoms with van der Waals surface area (Å²) < 4.78 is 12.1. The molecule has 1 aromatic rings. The van der Waals surface area contributed by atoms with E-state index in [-0.39, 0.29) is 4.08 Å². The third kappa shape index (κ3) is 2.11. The Hall–Kier alpha value is -0.540. The fraction of sp³-hybridized carbons (Fsp3) is 0.385. The zero-order valence-corrected chi connectivity index (χ0v) is 10.9. The van der Waals surface area contributed by atoms with Crippen LogP contribution in [-0.4, -0.2) is 15.7 Å². The quantitative estimate of drug-likeness (QED) is 0.768. The maximum absolute atomic E-state index is 12.3. The fourth-order valence-electron chi connectivity index (χ4n) is 2.02. The monoisotopic (exact) mass is 252 g/mol. The molecule has 0 N–H and O–H groups in total. The Bertz CT molecular complexity index is 388. The molecule has 0 saturated carbocycles. The minimum absolute atomic E-state index is 0.249. The maximum Gasteiger partial charge on any atom is 0.119 e. The molecular formula is C13H16OS2. The largest absolute Gasteiger partial charge is 0.258 e. The average molecular weight is 252 g/mol. The van der Waals surface area contributed by atoms with Crippen LogP contribution >= 0.6 is 11.8 Å². The normalized spacial score (nSPS) is 29.9. The molecule has 1 fully saturated rings. The van der Waals surface area contributed by atoms with Gasteiger partial charge < -0.3 is 0 Å². The van der Waals surface area contributed by atoms with Gasteiger partial charge in [0, 0.05) is 16.6 Å². The highest BCUT2D eigenvalue weighted by Crippen LogP contribution is 2.46. The third-order valence-corrected chi connectivity index (χ3v) is 6.87. The van der Waals surface area contributed by atoms with Gasteiger partial charge in [0.1, 0.15) is 4.08 Å². The Morgan fingerprint density at radius 1 is 1.44 bits per heavy atom. The van der Waals surface area contributed by atoms with Crippen LogP contribution in [0, 0.1) is 0 Å². The molecule has 86 valence electrons. The SMILES string of the molecule is C=CC[C@]1(c2ccccc2)SCCCS1=O.